The maximum absolute atomic E-state index is 12.3. The lowest BCUT2D eigenvalue weighted by molar-refractivity contribution is -0.128. The number of hydrogen-bond donors (Lipinski definition) is 0. The predicted molar refractivity (Wildman–Crippen MR) is 89.0 cm³/mol. The molecule has 22 heavy (non-hydrogen) atoms. The molecule has 1 aromatic rings. The van der Waals surface area contributed by atoms with Crippen LogP contribution in [0.3, 0.4) is 0 Å². The highest BCUT2D eigenvalue weighted by Gasteiger charge is 2.32. The number of benzene rings is 1. The van der Waals surface area contributed by atoms with Crippen LogP contribution in [-0.2, 0) is 27.5 Å². The monoisotopic (exact) mass is 339 g/mol. The molecule has 1 atom stereocenters. The van der Waals surface area contributed by atoms with Crippen LogP contribution in [0.25, 0.3) is 0 Å². The molecule has 0 unspecified atom stereocenters. The van der Waals surface area contributed by atoms with Crippen molar-refractivity contribution in [3.05, 3.63) is 29.3 Å². The molecule has 6 heteroatoms. The van der Waals surface area contributed by atoms with Gasteiger partial charge in [0.1, 0.15) is 0 Å². The molecule has 1 amide bonds. The fourth-order valence-electron chi connectivity index (χ4n) is 3.17. The highest BCUT2D eigenvalue weighted by Crippen LogP contribution is 2.28. The Balaban J connectivity index is 1.56. The standard InChI is InChI=1S/C16H21NO3S2/c1-17(14-7-8-22(19,20)11-14)16(18)10-21-15-6-5-12-3-2-4-13(12)9-15/h5-6,9,14H,2-4,7-8,10-11H2,1H3/t14-/m1/s1. The zero-order valence-electron chi connectivity index (χ0n) is 12.7. The van der Waals surface area contributed by atoms with Gasteiger partial charge in [0.15, 0.2) is 9.84 Å². The summed E-state index contributed by atoms with van der Waals surface area (Å²) in [4.78, 5) is 15.0. The van der Waals surface area contributed by atoms with E-state index < -0.39 is 9.84 Å². The lowest BCUT2D eigenvalue weighted by atomic mass is 10.1. The van der Waals surface area contributed by atoms with Crippen molar-refractivity contribution in [3.8, 4) is 0 Å². The molecule has 1 aromatic carbocycles. The maximum Gasteiger partial charge on any atom is 0.232 e. The first-order valence-corrected chi connectivity index (χ1v) is 10.5. The van der Waals surface area contributed by atoms with Gasteiger partial charge in [0, 0.05) is 18.0 Å². The second-order valence-corrected chi connectivity index (χ2v) is 9.41. The van der Waals surface area contributed by atoms with E-state index in [4.69, 9.17) is 0 Å². The van der Waals surface area contributed by atoms with Crippen molar-refractivity contribution in [2.45, 2.75) is 36.6 Å². The molecule has 2 aliphatic rings. The molecule has 3 rings (SSSR count). The third-order valence-electron chi connectivity index (χ3n) is 4.58. The summed E-state index contributed by atoms with van der Waals surface area (Å²) in [6, 6.07) is 6.29. The van der Waals surface area contributed by atoms with E-state index in [0.29, 0.717) is 12.2 Å². The van der Waals surface area contributed by atoms with Gasteiger partial charge in [0.25, 0.3) is 0 Å². The minimum atomic E-state index is -2.95. The number of amides is 1. The number of rotatable bonds is 4. The molecular formula is C16H21NO3S2. The van der Waals surface area contributed by atoms with Gasteiger partial charge in [-0.05, 0) is 48.9 Å². The van der Waals surface area contributed by atoms with E-state index in [-0.39, 0.29) is 23.5 Å². The Hall–Kier alpha value is -1.01. The van der Waals surface area contributed by atoms with Crippen LogP contribution >= 0.6 is 11.8 Å². The highest BCUT2D eigenvalue weighted by atomic mass is 32.2. The van der Waals surface area contributed by atoms with Crippen LogP contribution in [-0.4, -0.2) is 49.6 Å². The quantitative estimate of drug-likeness (QED) is 0.787. The lowest BCUT2D eigenvalue weighted by Crippen LogP contribution is -2.38. The van der Waals surface area contributed by atoms with Crippen molar-refractivity contribution in [2.75, 3.05) is 24.3 Å². The van der Waals surface area contributed by atoms with E-state index in [0.717, 1.165) is 17.7 Å². The third-order valence-corrected chi connectivity index (χ3v) is 7.31. The molecule has 1 saturated heterocycles. The largest absolute Gasteiger partial charge is 0.341 e. The summed E-state index contributed by atoms with van der Waals surface area (Å²) in [5, 5.41) is 0. The van der Waals surface area contributed by atoms with Gasteiger partial charge in [-0.15, -0.1) is 11.8 Å². The fraction of sp³-hybridized carbons (Fsp3) is 0.562. The normalized spacial score (nSPS) is 22.5. The number of thioether (sulfide) groups is 1. The first-order chi connectivity index (χ1) is 10.4. The molecule has 0 bridgehead atoms. The van der Waals surface area contributed by atoms with E-state index in [1.807, 2.05) is 0 Å². The van der Waals surface area contributed by atoms with Crippen LogP contribution in [0, 0.1) is 0 Å². The second kappa shape index (κ2) is 6.24. The van der Waals surface area contributed by atoms with E-state index in [1.165, 1.54) is 17.5 Å². The van der Waals surface area contributed by atoms with Gasteiger partial charge < -0.3 is 4.90 Å². The average molecular weight is 339 g/mol. The number of aryl methyl sites for hydroxylation is 2. The minimum Gasteiger partial charge on any atom is -0.341 e. The Morgan fingerprint density at radius 2 is 2.09 bits per heavy atom. The summed E-state index contributed by atoms with van der Waals surface area (Å²) in [5.41, 5.74) is 2.84. The lowest BCUT2D eigenvalue weighted by Gasteiger charge is -2.23. The second-order valence-electron chi connectivity index (χ2n) is 6.13. The first-order valence-electron chi connectivity index (χ1n) is 7.65. The molecule has 120 valence electrons. The fourth-order valence-corrected chi connectivity index (χ4v) is 5.83. The van der Waals surface area contributed by atoms with Gasteiger partial charge in [-0.3, -0.25) is 4.79 Å². The van der Waals surface area contributed by atoms with Crippen molar-refractivity contribution in [1.29, 1.82) is 0 Å². The Kier molecular flexibility index (Phi) is 4.50. The molecule has 0 saturated carbocycles. The molecule has 1 aliphatic heterocycles. The van der Waals surface area contributed by atoms with Crippen LogP contribution < -0.4 is 0 Å². The summed E-state index contributed by atoms with van der Waals surface area (Å²) in [6.45, 7) is 0. The van der Waals surface area contributed by atoms with Crippen LogP contribution in [0.2, 0.25) is 0 Å². The SMILES string of the molecule is CN(C(=O)CSc1ccc2c(c1)CCC2)[C@@H]1CCS(=O)(=O)C1. The van der Waals surface area contributed by atoms with Crippen molar-refractivity contribution in [2.24, 2.45) is 0 Å². The molecule has 1 fully saturated rings. The molecule has 1 heterocycles. The number of hydrogen-bond acceptors (Lipinski definition) is 4. The topological polar surface area (TPSA) is 54.5 Å². The van der Waals surface area contributed by atoms with Gasteiger partial charge in [0.05, 0.1) is 17.3 Å². The van der Waals surface area contributed by atoms with Crippen LogP contribution in [0.1, 0.15) is 24.0 Å². The molecule has 0 aromatic heterocycles. The van der Waals surface area contributed by atoms with Crippen molar-refractivity contribution < 1.29 is 13.2 Å². The first kappa shape index (κ1) is 15.9. The highest BCUT2D eigenvalue weighted by molar-refractivity contribution is 8.00. The Labute approximate surface area is 136 Å². The molecule has 0 spiro atoms. The summed E-state index contributed by atoms with van der Waals surface area (Å²) in [5.74, 6) is 0.685. The van der Waals surface area contributed by atoms with E-state index in [2.05, 4.69) is 18.2 Å². The Bertz CT molecular complexity index is 685. The van der Waals surface area contributed by atoms with Gasteiger partial charge in [-0.25, -0.2) is 8.42 Å². The number of carbonyl (C=O) groups is 1. The molecule has 4 nitrogen and oxygen atoms in total. The van der Waals surface area contributed by atoms with Crippen molar-refractivity contribution in [1.82, 2.24) is 4.90 Å². The molecular weight excluding hydrogens is 318 g/mol. The van der Waals surface area contributed by atoms with Crippen LogP contribution in [0.4, 0.5) is 0 Å². The Morgan fingerprint density at radius 1 is 1.32 bits per heavy atom. The summed E-state index contributed by atoms with van der Waals surface area (Å²) >= 11 is 1.54. The van der Waals surface area contributed by atoms with Crippen LogP contribution in [0.5, 0.6) is 0 Å². The predicted octanol–water partition coefficient (Wildman–Crippen LogP) is 1.91. The molecule has 0 N–H and O–H groups in total. The average Bonchev–Trinajstić information content (AvgIpc) is 3.09. The van der Waals surface area contributed by atoms with Crippen molar-refractivity contribution in [3.63, 3.8) is 0 Å². The third kappa shape index (κ3) is 3.49. The molecule has 1 aliphatic carbocycles. The maximum atomic E-state index is 12.3. The van der Waals surface area contributed by atoms with Gasteiger partial charge in [-0.2, -0.15) is 0 Å². The van der Waals surface area contributed by atoms with Crippen LogP contribution in [0.15, 0.2) is 23.1 Å². The smallest absolute Gasteiger partial charge is 0.232 e. The zero-order chi connectivity index (χ0) is 15.7. The summed E-state index contributed by atoms with van der Waals surface area (Å²) < 4.78 is 23.0. The summed E-state index contributed by atoms with van der Waals surface area (Å²) in [6.07, 6.45) is 4.09. The zero-order valence-corrected chi connectivity index (χ0v) is 14.4. The van der Waals surface area contributed by atoms with Crippen molar-refractivity contribution >= 4 is 27.5 Å². The number of sulfone groups is 1. The number of fused-ring (bicyclic) bond motifs is 1. The van der Waals surface area contributed by atoms with Gasteiger partial charge in [-0.1, -0.05) is 6.07 Å². The van der Waals surface area contributed by atoms with Gasteiger partial charge >= 0.3 is 0 Å². The number of nitrogens with zero attached hydrogens (tertiary/aromatic N) is 1. The Morgan fingerprint density at radius 3 is 2.82 bits per heavy atom. The number of carbonyl (C=O) groups excluding carboxylic acids is 1. The molecule has 0 radical (unpaired) electrons. The van der Waals surface area contributed by atoms with E-state index in [1.54, 1.807) is 23.7 Å². The van der Waals surface area contributed by atoms with E-state index in [9.17, 15) is 13.2 Å². The minimum absolute atomic E-state index is 0.00704. The van der Waals surface area contributed by atoms with Gasteiger partial charge in [0.2, 0.25) is 5.91 Å². The summed E-state index contributed by atoms with van der Waals surface area (Å²) in [7, 11) is -1.23. The van der Waals surface area contributed by atoms with E-state index >= 15 is 0 Å².